The molecule has 0 radical (unpaired) electrons. The third-order valence-corrected chi connectivity index (χ3v) is 4.43. The zero-order valence-electron chi connectivity index (χ0n) is 10.7. The molecule has 0 unspecified atom stereocenters. The van der Waals surface area contributed by atoms with Gasteiger partial charge in [0.2, 0.25) is 5.89 Å². The highest BCUT2D eigenvalue weighted by molar-refractivity contribution is 5.10. The predicted octanol–water partition coefficient (Wildman–Crippen LogP) is 1.73. The van der Waals surface area contributed by atoms with Gasteiger partial charge in [-0.15, -0.1) is 0 Å². The molecule has 0 spiro atoms. The van der Waals surface area contributed by atoms with E-state index in [1.165, 1.54) is 12.8 Å². The summed E-state index contributed by atoms with van der Waals surface area (Å²) in [5.41, 5.74) is 5.90. The van der Waals surface area contributed by atoms with Gasteiger partial charge >= 0.3 is 0 Å². The van der Waals surface area contributed by atoms with E-state index in [4.69, 9.17) is 15.0 Å². The zero-order valence-corrected chi connectivity index (χ0v) is 10.7. The van der Waals surface area contributed by atoms with Crippen LogP contribution in [-0.2, 0) is 10.2 Å². The molecule has 1 aromatic heterocycles. The van der Waals surface area contributed by atoms with Gasteiger partial charge in [-0.1, -0.05) is 18.0 Å². The summed E-state index contributed by atoms with van der Waals surface area (Å²) in [6.07, 6.45) is 6.58. The van der Waals surface area contributed by atoms with E-state index in [2.05, 4.69) is 10.1 Å². The molecule has 2 aliphatic rings. The summed E-state index contributed by atoms with van der Waals surface area (Å²) in [5.74, 6) is 2.02. The molecule has 2 heterocycles. The van der Waals surface area contributed by atoms with E-state index in [-0.39, 0.29) is 5.41 Å². The summed E-state index contributed by atoms with van der Waals surface area (Å²) in [5, 5.41) is 4.18. The molecule has 0 bridgehead atoms. The number of rotatable bonds is 3. The van der Waals surface area contributed by atoms with E-state index in [9.17, 15) is 0 Å². The highest BCUT2D eigenvalue weighted by Crippen LogP contribution is 2.40. The van der Waals surface area contributed by atoms with Gasteiger partial charge in [0, 0.05) is 25.7 Å². The van der Waals surface area contributed by atoms with Crippen LogP contribution in [0.2, 0.25) is 0 Å². The van der Waals surface area contributed by atoms with Crippen LogP contribution < -0.4 is 5.73 Å². The molecule has 0 atom stereocenters. The maximum absolute atomic E-state index is 5.94. The van der Waals surface area contributed by atoms with E-state index >= 15 is 0 Å². The number of aromatic nitrogens is 2. The smallest absolute Gasteiger partial charge is 0.234 e. The van der Waals surface area contributed by atoms with Crippen LogP contribution in [0.3, 0.4) is 0 Å². The van der Waals surface area contributed by atoms with Gasteiger partial charge in [0.1, 0.15) is 0 Å². The normalized spacial score (nSPS) is 24.5. The fourth-order valence-electron chi connectivity index (χ4n) is 3.13. The summed E-state index contributed by atoms with van der Waals surface area (Å²) < 4.78 is 10.9. The SMILES string of the molecule is NCC1(c2nc(C3CCOCC3)no2)CCCC1. The first-order valence-electron chi connectivity index (χ1n) is 6.96. The van der Waals surface area contributed by atoms with Crippen molar-refractivity contribution in [1.82, 2.24) is 10.1 Å². The molecule has 2 N–H and O–H groups in total. The minimum absolute atomic E-state index is 0.0452. The monoisotopic (exact) mass is 251 g/mol. The van der Waals surface area contributed by atoms with Gasteiger partial charge in [0.05, 0.1) is 5.41 Å². The molecule has 0 amide bonds. The lowest BCUT2D eigenvalue weighted by molar-refractivity contribution is 0.0830. The molecule has 18 heavy (non-hydrogen) atoms. The Kier molecular flexibility index (Phi) is 3.35. The van der Waals surface area contributed by atoms with Crippen molar-refractivity contribution in [3.8, 4) is 0 Å². The third kappa shape index (κ3) is 2.06. The van der Waals surface area contributed by atoms with Crippen molar-refractivity contribution in [2.24, 2.45) is 5.73 Å². The fraction of sp³-hybridized carbons (Fsp3) is 0.846. The van der Waals surface area contributed by atoms with Crippen molar-refractivity contribution >= 4 is 0 Å². The van der Waals surface area contributed by atoms with Gasteiger partial charge in [0.15, 0.2) is 5.82 Å². The van der Waals surface area contributed by atoms with Crippen LogP contribution in [0.25, 0.3) is 0 Å². The second-order valence-electron chi connectivity index (χ2n) is 5.54. The van der Waals surface area contributed by atoms with Gasteiger partial charge in [-0.25, -0.2) is 0 Å². The number of hydrogen-bond acceptors (Lipinski definition) is 5. The van der Waals surface area contributed by atoms with Crippen molar-refractivity contribution in [2.75, 3.05) is 19.8 Å². The van der Waals surface area contributed by atoms with Crippen molar-refractivity contribution in [1.29, 1.82) is 0 Å². The van der Waals surface area contributed by atoms with Gasteiger partial charge in [-0.3, -0.25) is 0 Å². The van der Waals surface area contributed by atoms with E-state index in [1.807, 2.05) is 0 Å². The molecule has 1 saturated carbocycles. The lowest BCUT2D eigenvalue weighted by Crippen LogP contribution is -2.32. The van der Waals surface area contributed by atoms with Gasteiger partial charge in [-0.05, 0) is 25.7 Å². The minimum Gasteiger partial charge on any atom is -0.381 e. The van der Waals surface area contributed by atoms with Crippen LogP contribution in [0.5, 0.6) is 0 Å². The summed E-state index contributed by atoms with van der Waals surface area (Å²) in [7, 11) is 0. The number of nitrogens with two attached hydrogens (primary N) is 1. The zero-order chi connectivity index (χ0) is 12.4. The van der Waals surface area contributed by atoms with Crippen LogP contribution >= 0.6 is 0 Å². The van der Waals surface area contributed by atoms with Crippen LogP contribution in [-0.4, -0.2) is 29.9 Å². The van der Waals surface area contributed by atoms with Gasteiger partial charge < -0.3 is 15.0 Å². The first-order chi connectivity index (χ1) is 8.84. The molecule has 1 aliphatic carbocycles. The number of ether oxygens (including phenoxy) is 1. The van der Waals surface area contributed by atoms with Gasteiger partial charge in [-0.2, -0.15) is 4.98 Å². The first kappa shape index (κ1) is 12.1. The Morgan fingerprint density at radius 3 is 2.61 bits per heavy atom. The van der Waals surface area contributed by atoms with Crippen LogP contribution in [0.15, 0.2) is 4.52 Å². The molecular formula is C13H21N3O2. The Hall–Kier alpha value is -0.940. The molecule has 3 rings (SSSR count). The molecule has 100 valence electrons. The van der Waals surface area contributed by atoms with Crippen molar-refractivity contribution in [3.63, 3.8) is 0 Å². The van der Waals surface area contributed by atoms with Crippen LogP contribution in [0.4, 0.5) is 0 Å². The van der Waals surface area contributed by atoms with E-state index in [1.54, 1.807) is 0 Å². The Balaban J connectivity index is 1.79. The summed E-state index contributed by atoms with van der Waals surface area (Å²) in [4.78, 5) is 4.65. The Labute approximate surface area is 107 Å². The van der Waals surface area contributed by atoms with Gasteiger partial charge in [0.25, 0.3) is 0 Å². The van der Waals surface area contributed by atoms with E-state index < -0.39 is 0 Å². The quantitative estimate of drug-likeness (QED) is 0.885. The summed E-state index contributed by atoms with van der Waals surface area (Å²) in [6.45, 7) is 2.22. The average molecular weight is 251 g/mol. The van der Waals surface area contributed by atoms with Crippen molar-refractivity contribution in [2.45, 2.75) is 49.9 Å². The molecule has 5 nitrogen and oxygen atoms in total. The third-order valence-electron chi connectivity index (χ3n) is 4.43. The average Bonchev–Trinajstić information content (AvgIpc) is 3.09. The largest absolute Gasteiger partial charge is 0.381 e. The van der Waals surface area contributed by atoms with Crippen LogP contribution in [0, 0.1) is 0 Å². The summed E-state index contributed by atoms with van der Waals surface area (Å²) in [6, 6.07) is 0. The number of nitrogens with zero attached hydrogens (tertiary/aromatic N) is 2. The maximum atomic E-state index is 5.94. The number of hydrogen-bond donors (Lipinski definition) is 1. The van der Waals surface area contributed by atoms with Crippen molar-refractivity contribution in [3.05, 3.63) is 11.7 Å². The lowest BCUT2D eigenvalue weighted by Gasteiger charge is -2.22. The van der Waals surface area contributed by atoms with E-state index in [0.29, 0.717) is 12.5 Å². The molecule has 1 aromatic rings. The van der Waals surface area contributed by atoms with Crippen LogP contribution in [0.1, 0.15) is 56.2 Å². The Morgan fingerprint density at radius 2 is 1.94 bits per heavy atom. The highest BCUT2D eigenvalue weighted by atomic mass is 16.5. The van der Waals surface area contributed by atoms with Crippen molar-refractivity contribution < 1.29 is 9.26 Å². The highest BCUT2D eigenvalue weighted by Gasteiger charge is 2.40. The Bertz CT molecular complexity index is 393. The minimum atomic E-state index is -0.0452. The molecule has 1 aliphatic heterocycles. The molecule has 1 saturated heterocycles. The Morgan fingerprint density at radius 1 is 1.22 bits per heavy atom. The van der Waals surface area contributed by atoms with E-state index in [0.717, 1.165) is 50.6 Å². The first-order valence-corrected chi connectivity index (χ1v) is 6.96. The standard InChI is InChI=1S/C13H21N3O2/c14-9-13(5-1-2-6-13)12-15-11(16-18-12)10-3-7-17-8-4-10/h10H,1-9,14H2. The molecule has 2 fully saturated rings. The fourth-order valence-corrected chi connectivity index (χ4v) is 3.13. The molecule has 0 aromatic carbocycles. The molecule has 5 heteroatoms. The predicted molar refractivity (Wildman–Crippen MR) is 66.3 cm³/mol. The second kappa shape index (κ2) is 4.97. The second-order valence-corrected chi connectivity index (χ2v) is 5.54. The maximum Gasteiger partial charge on any atom is 0.234 e. The molecular weight excluding hydrogens is 230 g/mol. The summed E-state index contributed by atoms with van der Waals surface area (Å²) >= 11 is 0. The lowest BCUT2D eigenvalue weighted by atomic mass is 9.86. The topological polar surface area (TPSA) is 74.2 Å².